The van der Waals surface area contributed by atoms with Crippen LogP contribution < -0.4 is 5.32 Å². The molecule has 1 aliphatic heterocycles. The molecule has 0 bridgehead atoms. The number of fused-ring (bicyclic) bond motifs is 1. The molecule has 5 heteroatoms. The van der Waals surface area contributed by atoms with Crippen LogP contribution in [0.2, 0.25) is 0 Å². The van der Waals surface area contributed by atoms with Crippen LogP contribution in [0.25, 0.3) is 0 Å². The van der Waals surface area contributed by atoms with Gasteiger partial charge >= 0.3 is 6.18 Å². The molecule has 1 aromatic rings. The first-order chi connectivity index (χ1) is 6.48. The Morgan fingerprint density at radius 2 is 1.64 bits per heavy atom. The number of benzene rings is 1. The first kappa shape index (κ1) is 9.45. The topological polar surface area (TPSA) is 12.0 Å². The van der Waals surface area contributed by atoms with E-state index in [-0.39, 0.29) is 0 Å². The zero-order valence-electron chi connectivity index (χ0n) is 7.08. The zero-order chi connectivity index (χ0) is 10.3. The summed E-state index contributed by atoms with van der Waals surface area (Å²) in [6, 6.07) is 1.84. The van der Waals surface area contributed by atoms with E-state index in [1.54, 1.807) is 0 Å². The molecule has 1 aliphatic rings. The third-order valence-electron chi connectivity index (χ3n) is 2.23. The van der Waals surface area contributed by atoms with Crippen molar-refractivity contribution in [1.29, 1.82) is 0 Å². The summed E-state index contributed by atoms with van der Waals surface area (Å²) in [6.07, 6.45) is -4.61. The zero-order valence-corrected chi connectivity index (χ0v) is 7.08. The molecule has 0 amide bonds. The van der Waals surface area contributed by atoms with E-state index < -0.39 is 17.6 Å². The molecule has 0 atom stereocenters. The lowest BCUT2D eigenvalue weighted by molar-refractivity contribution is -0.140. The van der Waals surface area contributed by atoms with Gasteiger partial charge in [-0.2, -0.15) is 13.2 Å². The van der Waals surface area contributed by atoms with Gasteiger partial charge in [-0.15, -0.1) is 0 Å². The lowest BCUT2D eigenvalue weighted by Gasteiger charge is -2.09. The van der Waals surface area contributed by atoms with Crippen molar-refractivity contribution in [2.75, 3.05) is 0 Å². The van der Waals surface area contributed by atoms with Crippen molar-refractivity contribution in [3.05, 3.63) is 34.6 Å². The summed E-state index contributed by atoms with van der Waals surface area (Å²) in [6.45, 7) is 0.809. The Kier molecular flexibility index (Phi) is 1.99. The molecule has 0 radical (unpaired) electrons. The molecular weight excluding hydrogens is 198 g/mol. The van der Waals surface area contributed by atoms with Crippen LogP contribution in [0.15, 0.2) is 12.1 Å². The number of halogens is 4. The van der Waals surface area contributed by atoms with Gasteiger partial charge in [0.1, 0.15) is 5.82 Å². The first-order valence-electron chi connectivity index (χ1n) is 4.07. The second kappa shape index (κ2) is 2.95. The van der Waals surface area contributed by atoms with Gasteiger partial charge in [-0.3, -0.25) is 0 Å². The third kappa shape index (κ3) is 1.48. The van der Waals surface area contributed by atoms with Gasteiger partial charge in [0, 0.05) is 13.1 Å². The van der Waals surface area contributed by atoms with E-state index in [2.05, 4.69) is 5.32 Å². The SMILES string of the molecule is Fc1cc2c(cc1C(F)(F)F)CNC2. The van der Waals surface area contributed by atoms with Gasteiger partial charge in [-0.05, 0) is 23.3 Å². The van der Waals surface area contributed by atoms with E-state index in [9.17, 15) is 17.6 Å². The predicted octanol–water partition coefficient (Wildman–Crippen LogP) is 2.45. The fourth-order valence-electron chi connectivity index (χ4n) is 1.54. The summed E-state index contributed by atoms with van der Waals surface area (Å²) in [5, 5.41) is 2.86. The van der Waals surface area contributed by atoms with Crippen LogP contribution >= 0.6 is 0 Å². The molecule has 14 heavy (non-hydrogen) atoms. The molecule has 0 fully saturated rings. The van der Waals surface area contributed by atoms with Crippen LogP contribution in [0.1, 0.15) is 16.7 Å². The highest BCUT2D eigenvalue weighted by Crippen LogP contribution is 2.33. The Hall–Kier alpha value is -1.10. The molecule has 1 heterocycles. The maximum atomic E-state index is 13.0. The molecule has 0 unspecified atom stereocenters. The number of nitrogens with one attached hydrogen (secondary N) is 1. The van der Waals surface area contributed by atoms with Crippen molar-refractivity contribution in [2.45, 2.75) is 19.3 Å². The van der Waals surface area contributed by atoms with Crippen LogP contribution in [0, 0.1) is 5.82 Å². The second-order valence-corrected chi connectivity index (χ2v) is 3.20. The normalized spacial score (nSPS) is 15.7. The van der Waals surface area contributed by atoms with Gasteiger partial charge in [0.15, 0.2) is 0 Å². The number of hydrogen-bond acceptors (Lipinski definition) is 1. The van der Waals surface area contributed by atoms with E-state index in [4.69, 9.17) is 0 Å². The Labute approximate surface area is 77.7 Å². The van der Waals surface area contributed by atoms with Crippen molar-refractivity contribution in [3.8, 4) is 0 Å². The number of alkyl halides is 3. The number of rotatable bonds is 0. The van der Waals surface area contributed by atoms with Crippen molar-refractivity contribution in [3.63, 3.8) is 0 Å². The Bertz CT molecular complexity index is 370. The Morgan fingerprint density at radius 1 is 1.07 bits per heavy atom. The van der Waals surface area contributed by atoms with Crippen LogP contribution in [0.5, 0.6) is 0 Å². The highest BCUT2D eigenvalue weighted by molar-refractivity contribution is 5.36. The van der Waals surface area contributed by atoms with Crippen LogP contribution in [-0.4, -0.2) is 0 Å². The van der Waals surface area contributed by atoms with Gasteiger partial charge in [0.2, 0.25) is 0 Å². The Morgan fingerprint density at radius 3 is 2.21 bits per heavy atom. The van der Waals surface area contributed by atoms with Gasteiger partial charge in [-0.25, -0.2) is 4.39 Å². The van der Waals surface area contributed by atoms with E-state index >= 15 is 0 Å². The Balaban J connectivity index is 2.53. The average Bonchev–Trinajstić information content (AvgIpc) is 2.47. The minimum atomic E-state index is -4.61. The van der Waals surface area contributed by atoms with E-state index in [1.165, 1.54) is 0 Å². The number of hydrogen-bond donors (Lipinski definition) is 1. The second-order valence-electron chi connectivity index (χ2n) is 3.20. The molecule has 0 aromatic heterocycles. The molecule has 0 saturated carbocycles. The molecule has 0 aliphatic carbocycles. The molecule has 1 aromatic carbocycles. The molecule has 0 saturated heterocycles. The molecule has 2 rings (SSSR count). The monoisotopic (exact) mass is 205 g/mol. The average molecular weight is 205 g/mol. The quantitative estimate of drug-likeness (QED) is 0.641. The van der Waals surface area contributed by atoms with Crippen molar-refractivity contribution in [2.24, 2.45) is 0 Å². The van der Waals surface area contributed by atoms with Crippen LogP contribution in [0.4, 0.5) is 17.6 Å². The summed E-state index contributed by atoms with van der Waals surface area (Å²) < 4.78 is 49.8. The van der Waals surface area contributed by atoms with Gasteiger partial charge in [0.25, 0.3) is 0 Å². The van der Waals surface area contributed by atoms with Crippen LogP contribution in [0.3, 0.4) is 0 Å². The highest BCUT2D eigenvalue weighted by Gasteiger charge is 2.35. The lowest BCUT2D eigenvalue weighted by atomic mass is 10.1. The van der Waals surface area contributed by atoms with Crippen molar-refractivity contribution in [1.82, 2.24) is 5.32 Å². The van der Waals surface area contributed by atoms with E-state index in [0.717, 1.165) is 12.1 Å². The fourth-order valence-corrected chi connectivity index (χ4v) is 1.54. The van der Waals surface area contributed by atoms with Crippen molar-refractivity contribution >= 4 is 0 Å². The van der Waals surface area contributed by atoms with E-state index in [0.29, 0.717) is 24.2 Å². The van der Waals surface area contributed by atoms with Gasteiger partial charge < -0.3 is 5.32 Å². The maximum Gasteiger partial charge on any atom is 0.419 e. The minimum absolute atomic E-state index is 0.374. The summed E-state index contributed by atoms with van der Waals surface area (Å²) in [5.74, 6) is -1.19. The summed E-state index contributed by atoms with van der Waals surface area (Å²) in [7, 11) is 0. The van der Waals surface area contributed by atoms with Crippen molar-refractivity contribution < 1.29 is 17.6 Å². The molecule has 0 spiro atoms. The minimum Gasteiger partial charge on any atom is -0.309 e. The van der Waals surface area contributed by atoms with Gasteiger partial charge in [0.05, 0.1) is 5.56 Å². The van der Waals surface area contributed by atoms with Gasteiger partial charge in [-0.1, -0.05) is 0 Å². The highest BCUT2D eigenvalue weighted by atomic mass is 19.4. The standard InChI is InChI=1S/C9H7F4N/c10-8-2-6-4-14-3-5(6)1-7(8)9(11,12)13/h1-2,14H,3-4H2. The molecular formula is C9H7F4N. The summed E-state index contributed by atoms with van der Waals surface area (Å²) in [4.78, 5) is 0. The first-order valence-corrected chi connectivity index (χ1v) is 4.07. The van der Waals surface area contributed by atoms with E-state index in [1.807, 2.05) is 0 Å². The maximum absolute atomic E-state index is 13.0. The third-order valence-corrected chi connectivity index (χ3v) is 2.23. The smallest absolute Gasteiger partial charge is 0.309 e. The largest absolute Gasteiger partial charge is 0.419 e. The summed E-state index contributed by atoms with van der Waals surface area (Å²) in [5.41, 5.74) is -0.0471. The molecule has 1 nitrogen and oxygen atoms in total. The summed E-state index contributed by atoms with van der Waals surface area (Å²) >= 11 is 0. The van der Waals surface area contributed by atoms with Crippen LogP contribution in [-0.2, 0) is 19.3 Å². The predicted molar refractivity (Wildman–Crippen MR) is 41.9 cm³/mol. The fraction of sp³-hybridized carbons (Fsp3) is 0.333. The molecule has 76 valence electrons. The molecule has 1 N–H and O–H groups in total. The lowest BCUT2D eigenvalue weighted by Crippen LogP contribution is -2.09.